The number of phenols is 1. The molecule has 2 aromatic carbocycles. The Morgan fingerprint density at radius 1 is 0.829 bits per heavy atom. The monoisotopic (exact) mass is 471 g/mol. The molecule has 3 aromatic rings. The van der Waals surface area contributed by atoms with Crippen LogP contribution in [-0.2, 0) is 10.8 Å². The quantitative estimate of drug-likeness (QED) is 0.416. The molecule has 7 heteroatoms. The van der Waals surface area contributed by atoms with Crippen molar-refractivity contribution < 1.29 is 9.90 Å². The molecule has 2 aliphatic rings. The van der Waals surface area contributed by atoms with Gasteiger partial charge in [0.2, 0.25) is 0 Å². The van der Waals surface area contributed by atoms with Gasteiger partial charge in [-0.15, -0.1) is 0 Å². The van der Waals surface area contributed by atoms with Crippen LogP contribution in [0.2, 0.25) is 0 Å². The second kappa shape index (κ2) is 7.31. The van der Waals surface area contributed by atoms with Crippen LogP contribution in [0, 0.1) is 0 Å². The van der Waals surface area contributed by atoms with E-state index in [-0.39, 0.29) is 22.9 Å². The highest BCUT2D eigenvalue weighted by atomic mass is 16.3. The van der Waals surface area contributed by atoms with Crippen molar-refractivity contribution in [3.63, 3.8) is 0 Å². The summed E-state index contributed by atoms with van der Waals surface area (Å²) in [5, 5.41) is 14.4. The molecule has 4 N–H and O–H groups in total. The van der Waals surface area contributed by atoms with Crippen LogP contribution in [0.3, 0.4) is 0 Å². The lowest BCUT2D eigenvalue weighted by Gasteiger charge is -2.32. The average Bonchev–Trinajstić information content (AvgIpc) is 3.03. The van der Waals surface area contributed by atoms with E-state index in [2.05, 4.69) is 15.3 Å². The van der Waals surface area contributed by atoms with Crippen LogP contribution < -0.4 is 16.6 Å². The molecule has 1 unspecified atom stereocenters. The molecule has 0 radical (unpaired) electrons. The van der Waals surface area contributed by atoms with Crippen molar-refractivity contribution in [3.8, 4) is 5.75 Å². The maximum Gasteiger partial charge on any atom is 0.327 e. The summed E-state index contributed by atoms with van der Waals surface area (Å²) in [6, 6.07) is 11.1. The molecule has 0 bridgehead atoms. The molecule has 0 amide bonds. The van der Waals surface area contributed by atoms with E-state index in [1.165, 1.54) is 0 Å². The Morgan fingerprint density at radius 3 is 1.97 bits per heavy atom. The van der Waals surface area contributed by atoms with Crippen molar-refractivity contribution in [1.29, 1.82) is 0 Å². The standard InChI is InChI=1S/C28H29N3O4/c1-27(2,3)16-11-13(12-17(23(16)33)28(4,5)6)18-19-21(14-9-7-8-10-15(14)22(19)32)29-24-20(18)25(34)31-26(35)30-24/h7-12,18,33H,1-6H3,(H3,29,30,31,34,35). The lowest BCUT2D eigenvalue weighted by atomic mass is 9.74. The highest BCUT2D eigenvalue weighted by Crippen LogP contribution is 2.50. The molecular weight excluding hydrogens is 442 g/mol. The zero-order valence-corrected chi connectivity index (χ0v) is 20.7. The van der Waals surface area contributed by atoms with Gasteiger partial charge >= 0.3 is 5.69 Å². The Bertz CT molecular complexity index is 1520. The molecule has 7 nitrogen and oxygen atoms in total. The zero-order valence-electron chi connectivity index (χ0n) is 20.7. The van der Waals surface area contributed by atoms with Crippen molar-refractivity contribution in [2.45, 2.75) is 58.3 Å². The fourth-order valence-electron chi connectivity index (χ4n) is 5.15. The first-order chi connectivity index (χ1) is 16.3. The number of aromatic amines is 2. The number of phenolic OH excluding ortho intramolecular Hbond substituents is 1. The average molecular weight is 472 g/mol. The maximum atomic E-state index is 13.7. The number of aromatic nitrogens is 2. The van der Waals surface area contributed by atoms with Crippen LogP contribution >= 0.6 is 0 Å². The number of H-pyrrole nitrogens is 2. The SMILES string of the molecule is CC(C)(C)c1cc(C2C3=C(Nc4[nH]c(=O)[nH]c(=O)c42)c2ccccc2C3=O)cc(C(C)(C)C)c1O. The van der Waals surface area contributed by atoms with Gasteiger partial charge in [0.05, 0.1) is 11.3 Å². The van der Waals surface area contributed by atoms with E-state index in [1.54, 1.807) is 6.07 Å². The lowest BCUT2D eigenvalue weighted by molar-refractivity contribution is 0.103. The molecule has 0 saturated heterocycles. The fraction of sp³-hybridized carbons (Fsp3) is 0.321. The van der Waals surface area contributed by atoms with Crippen molar-refractivity contribution in [2.75, 3.05) is 5.32 Å². The smallest absolute Gasteiger partial charge is 0.327 e. The van der Waals surface area contributed by atoms with Gasteiger partial charge in [0, 0.05) is 22.6 Å². The van der Waals surface area contributed by atoms with Gasteiger partial charge in [0.15, 0.2) is 5.78 Å². The van der Waals surface area contributed by atoms with E-state index in [9.17, 15) is 19.5 Å². The molecule has 180 valence electrons. The number of carbonyl (C=O) groups excluding carboxylic acids is 1. The minimum Gasteiger partial charge on any atom is -0.507 e. The molecule has 35 heavy (non-hydrogen) atoms. The number of hydrogen-bond acceptors (Lipinski definition) is 5. The molecule has 0 saturated carbocycles. The third-order valence-electron chi connectivity index (χ3n) is 6.84. The first-order valence-electron chi connectivity index (χ1n) is 11.7. The normalized spacial score (nSPS) is 17.1. The summed E-state index contributed by atoms with van der Waals surface area (Å²) < 4.78 is 0. The van der Waals surface area contributed by atoms with Crippen LogP contribution in [0.4, 0.5) is 5.82 Å². The van der Waals surface area contributed by atoms with E-state index < -0.39 is 28.0 Å². The summed E-state index contributed by atoms with van der Waals surface area (Å²) >= 11 is 0. The fourth-order valence-corrected chi connectivity index (χ4v) is 5.15. The molecule has 1 aromatic heterocycles. The van der Waals surface area contributed by atoms with Gasteiger partial charge in [0.1, 0.15) is 11.6 Å². The van der Waals surface area contributed by atoms with E-state index in [0.29, 0.717) is 22.4 Å². The molecule has 1 aliphatic carbocycles. The molecule has 5 rings (SSSR count). The van der Waals surface area contributed by atoms with Crippen LogP contribution in [-0.4, -0.2) is 20.9 Å². The number of nitrogens with one attached hydrogen (secondary N) is 3. The van der Waals surface area contributed by atoms with Gasteiger partial charge in [-0.3, -0.25) is 19.6 Å². The van der Waals surface area contributed by atoms with E-state index in [1.807, 2.05) is 71.9 Å². The molecule has 2 heterocycles. The lowest BCUT2D eigenvalue weighted by Crippen LogP contribution is -2.33. The summed E-state index contributed by atoms with van der Waals surface area (Å²) in [4.78, 5) is 44.1. The summed E-state index contributed by atoms with van der Waals surface area (Å²) in [6.07, 6.45) is 0. The number of rotatable bonds is 1. The van der Waals surface area contributed by atoms with Crippen LogP contribution in [0.1, 0.15) is 85.6 Å². The van der Waals surface area contributed by atoms with Crippen molar-refractivity contribution in [2.24, 2.45) is 0 Å². The summed E-state index contributed by atoms with van der Waals surface area (Å²) in [5.74, 6) is -0.403. The Morgan fingerprint density at radius 2 is 1.40 bits per heavy atom. The number of aromatic hydroxyl groups is 1. The maximum absolute atomic E-state index is 13.7. The van der Waals surface area contributed by atoms with Gasteiger partial charge in [-0.1, -0.05) is 77.9 Å². The molecule has 0 fully saturated rings. The van der Waals surface area contributed by atoms with Crippen molar-refractivity contribution in [3.05, 3.63) is 96.2 Å². The number of allylic oxidation sites excluding steroid dienone is 1. The Labute approximate surface area is 202 Å². The molecular formula is C28H29N3O4. The Balaban J connectivity index is 1.89. The topological polar surface area (TPSA) is 115 Å². The van der Waals surface area contributed by atoms with Gasteiger partial charge in [-0.2, -0.15) is 0 Å². The third kappa shape index (κ3) is 3.45. The van der Waals surface area contributed by atoms with E-state index in [0.717, 1.165) is 16.7 Å². The van der Waals surface area contributed by atoms with Gasteiger partial charge in [-0.05, 0) is 27.5 Å². The molecule has 1 atom stereocenters. The molecule has 0 spiro atoms. The molecule has 1 aliphatic heterocycles. The van der Waals surface area contributed by atoms with Crippen molar-refractivity contribution in [1.82, 2.24) is 9.97 Å². The number of anilines is 1. The van der Waals surface area contributed by atoms with Crippen LogP contribution in [0.5, 0.6) is 5.75 Å². The van der Waals surface area contributed by atoms with Crippen LogP contribution in [0.25, 0.3) is 5.70 Å². The highest BCUT2D eigenvalue weighted by Gasteiger charge is 2.42. The first-order valence-corrected chi connectivity index (χ1v) is 11.7. The second-order valence-corrected chi connectivity index (χ2v) is 11.4. The minimum atomic E-state index is -0.732. The zero-order chi connectivity index (χ0) is 25.4. The number of benzene rings is 2. The first kappa shape index (κ1) is 22.9. The second-order valence-electron chi connectivity index (χ2n) is 11.4. The highest BCUT2D eigenvalue weighted by molar-refractivity contribution is 6.23. The van der Waals surface area contributed by atoms with E-state index in [4.69, 9.17) is 0 Å². The number of hydrogen-bond donors (Lipinski definition) is 4. The Hall–Kier alpha value is -3.87. The van der Waals surface area contributed by atoms with Crippen LogP contribution in [0.15, 0.2) is 51.6 Å². The van der Waals surface area contributed by atoms with E-state index >= 15 is 0 Å². The largest absolute Gasteiger partial charge is 0.507 e. The van der Waals surface area contributed by atoms with Gasteiger partial charge < -0.3 is 10.4 Å². The Kier molecular flexibility index (Phi) is 4.78. The number of carbonyl (C=O) groups is 1. The summed E-state index contributed by atoms with van der Waals surface area (Å²) in [5.41, 5.74) is 2.80. The summed E-state index contributed by atoms with van der Waals surface area (Å²) in [6.45, 7) is 12.1. The predicted molar refractivity (Wildman–Crippen MR) is 136 cm³/mol. The predicted octanol–water partition coefficient (Wildman–Crippen LogP) is 4.53. The number of fused-ring (bicyclic) bond motifs is 3. The summed E-state index contributed by atoms with van der Waals surface area (Å²) in [7, 11) is 0. The number of Topliss-reactive ketones (excluding diaryl/α,β-unsaturated/α-hetero) is 1. The minimum absolute atomic E-state index is 0.160. The third-order valence-corrected chi connectivity index (χ3v) is 6.84. The van der Waals surface area contributed by atoms with Gasteiger partial charge in [0.25, 0.3) is 5.56 Å². The number of ketones is 1. The van der Waals surface area contributed by atoms with Gasteiger partial charge in [-0.25, -0.2) is 4.79 Å². The van der Waals surface area contributed by atoms with Crippen molar-refractivity contribution >= 4 is 17.3 Å².